The van der Waals surface area contributed by atoms with Gasteiger partial charge in [0, 0.05) is 24.9 Å². The van der Waals surface area contributed by atoms with Crippen molar-refractivity contribution in [2.75, 3.05) is 13.2 Å². The molecule has 1 aliphatic rings. The van der Waals surface area contributed by atoms with E-state index in [-0.39, 0.29) is 0 Å². The fourth-order valence-corrected chi connectivity index (χ4v) is 2.45. The fraction of sp³-hybridized carbons (Fsp3) is 0.455. The van der Waals surface area contributed by atoms with Gasteiger partial charge in [-0.05, 0) is 34.3 Å². The highest BCUT2D eigenvalue weighted by atomic mass is 79.9. The molecule has 0 saturated carbocycles. The van der Waals surface area contributed by atoms with E-state index in [1.54, 1.807) is 6.20 Å². The Bertz CT molecular complexity index is 505. The first kappa shape index (κ1) is 10.2. The molecule has 5 heteroatoms. The molecule has 2 aromatic heterocycles. The minimum atomic E-state index is 0.466. The van der Waals surface area contributed by atoms with Gasteiger partial charge in [0.2, 0.25) is 0 Å². The van der Waals surface area contributed by atoms with Crippen LogP contribution in [0.4, 0.5) is 0 Å². The topological polar surface area (TPSA) is 39.4 Å². The lowest BCUT2D eigenvalue weighted by molar-refractivity contribution is 0.0802. The minimum absolute atomic E-state index is 0.466. The van der Waals surface area contributed by atoms with E-state index in [0.717, 1.165) is 29.8 Å². The summed E-state index contributed by atoms with van der Waals surface area (Å²) >= 11 is 3.42. The normalized spacial score (nSPS) is 21.4. The molecule has 1 unspecified atom stereocenters. The first-order chi connectivity index (χ1) is 7.84. The second-order valence-corrected chi connectivity index (χ2v) is 4.92. The molecule has 0 radical (unpaired) electrons. The molecule has 4 nitrogen and oxygen atoms in total. The van der Waals surface area contributed by atoms with Gasteiger partial charge < -0.3 is 4.74 Å². The van der Waals surface area contributed by atoms with Crippen LogP contribution < -0.4 is 0 Å². The molecule has 1 atom stereocenters. The Morgan fingerprint density at radius 1 is 1.44 bits per heavy atom. The van der Waals surface area contributed by atoms with Crippen molar-refractivity contribution >= 4 is 21.6 Å². The van der Waals surface area contributed by atoms with Crippen LogP contribution in [0.5, 0.6) is 0 Å². The molecule has 2 aromatic rings. The van der Waals surface area contributed by atoms with Crippen LogP contribution in [0.25, 0.3) is 5.65 Å². The summed E-state index contributed by atoms with van der Waals surface area (Å²) in [7, 11) is 0. The first-order valence-corrected chi connectivity index (χ1v) is 6.20. The predicted molar refractivity (Wildman–Crippen MR) is 63.5 cm³/mol. The minimum Gasteiger partial charge on any atom is -0.381 e. The average molecular weight is 282 g/mol. The van der Waals surface area contributed by atoms with Crippen LogP contribution >= 0.6 is 15.9 Å². The summed E-state index contributed by atoms with van der Waals surface area (Å²) in [6.45, 7) is 1.69. The highest BCUT2D eigenvalue weighted by Gasteiger charge is 2.17. The Hall–Kier alpha value is -0.940. The highest BCUT2D eigenvalue weighted by Crippen LogP contribution is 2.25. The van der Waals surface area contributed by atoms with Crippen molar-refractivity contribution in [3.8, 4) is 0 Å². The van der Waals surface area contributed by atoms with Crippen molar-refractivity contribution in [3.63, 3.8) is 0 Å². The Labute approximate surface area is 102 Å². The van der Waals surface area contributed by atoms with Gasteiger partial charge >= 0.3 is 0 Å². The van der Waals surface area contributed by atoms with E-state index in [0.29, 0.717) is 5.92 Å². The van der Waals surface area contributed by atoms with Crippen LogP contribution in [0.1, 0.15) is 24.3 Å². The standard InChI is InChI=1S/C11H12BrN3O/c12-10-5-14-15-6-9(4-13-11(10)15)8-2-1-3-16-7-8/h4-6,8H,1-3,7H2. The SMILES string of the molecule is Brc1cnn2cc(C3CCCOC3)cnc12. The number of rotatable bonds is 1. The van der Waals surface area contributed by atoms with Gasteiger partial charge in [-0.1, -0.05) is 0 Å². The van der Waals surface area contributed by atoms with Crippen LogP contribution in [0.3, 0.4) is 0 Å². The van der Waals surface area contributed by atoms with Crippen molar-refractivity contribution in [2.45, 2.75) is 18.8 Å². The maximum atomic E-state index is 5.49. The van der Waals surface area contributed by atoms with E-state index in [1.807, 2.05) is 16.9 Å². The van der Waals surface area contributed by atoms with Crippen LogP contribution in [0.15, 0.2) is 23.1 Å². The number of hydrogen-bond donors (Lipinski definition) is 0. The Kier molecular flexibility index (Phi) is 2.65. The average Bonchev–Trinajstić information content (AvgIpc) is 2.72. The lowest BCUT2D eigenvalue weighted by Crippen LogP contribution is -2.16. The quantitative estimate of drug-likeness (QED) is 0.806. The summed E-state index contributed by atoms with van der Waals surface area (Å²) in [5.41, 5.74) is 2.07. The number of aromatic nitrogens is 3. The van der Waals surface area contributed by atoms with Gasteiger partial charge in [-0.25, -0.2) is 9.50 Å². The van der Waals surface area contributed by atoms with Gasteiger partial charge in [-0.15, -0.1) is 0 Å². The molecular formula is C11H12BrN3O. The third kappa shape index (κ3) is 1.74. The van der Waals surface area contributed by atoms with Crippen LogP contribution in [-0.2, 0) is 4.74 Å². The van der Waals surface area contributed by atoms with Crippen molar-refractivity contribution in [2.24, 2.45) is 0 Å². The van der Waals surface area contributed by atoms with Gasteiger partial charge in [0.05, 0.1) is 17.3 Å². The predicted octanol–water partition coefficient (Wildman–Crippen LogP) is 2.39. The molecule has 0 spiro atoms. The van der Waals surface area contributed by atoms with Gasteiger partial charge in [-0.2, -0.15) is 5.10 Å². The zero-order chi connectivity index (χ0) is 11.0. The number of hydrogen-bond acceptors (Lipinski definition) is 3. The van der Waals surface area contributed by atoms with Crippen LogP contribution in [0, 0.1) is 0 Å². The van der Waals surface area contributed by atoms with E-state index < -0.39 is 0 Å². The molecule has 3 heterocycles. The third-order valence-corrected chi connectivity index (χ3v) is 3.52. The number of fused-ring (bicyclic) bond motifs is 1. The molecule has 1 saturated heterocycles. The maximum absolute atomic E-state index is 5.49. The summed E-state index contributed by atoms with van der Waals surface area (Å²) < 4.78 is 8.23. The maximum Gasteiger partial charge on any atom is 0.169 e. The molecule has 3 rings (SSSR count). The fourth-order valence-electron chi connectivity index (χ4n) is 2.07. The van der Waals surface area contributed by atoms with Crippen molar-refractivity contribution in [1.82, 2.24) is 14.6 Å². The third-order valence-electron chi connectivity index (χ3n) is 2.97. The summed E-state index contributed by atoms with van der Waals surface area (Å²) in [6, 6.07) is 0. The van der Waals surface area contributed by atoms with Gasteiger partial charge in [0.25, 0.3) is 0 Å². The lowest BCUT2D eigenvalue weighted by Gasteiger charge is -2.21. The Morgan fingerprint density at radius 3 is 3.19 bits per heavy atom. The first-order valence-electron chi connectivity index (χ1n) is 5.41. The largest absolute Gasteiger partial charge is 0.381 e. The van der Waals surface area contributed by atoms with E-state index in [9.17, 15) is 0 Å². The molecule has 1 fully saturated rings. The number of halogens is 1. The molecule has 0 aromatic carbocycles. The lowest BCUT2D eigenvalue weighted by atomic mass is 9.96. The summed E-state index contributed by atoms with van der Waals surface area (Å²) in [5.74, 6) is 0.466. The molecule has 0 amide bonds. The van der Waals surface area contributed by atoms with E-state index >= 15 is 0 Å². The molecule has 0 aliphatic carbocycles. The van der Waals surface area contributed by atoms with Gasteiger partial charge in [-0.3, -0.25) is 0 Å². The summed E-state index contributed by atoms with van der Waals surface area (Å²) in [6.07, 6.45) is 8.05. The zero-order valence-electron chi connectivity index (χ0n) is 8.77. The van der Waals surface area contributed by atoms with Crippen LogP contribution in [0.2, 0.25) is 0 Å². The number of ether oxygens (including phenoxy) is 1. The van der Waals surface area contributed by atoms with E-state index in [4.69, 9.17) is 4.74 Å². The summed E-state index contributed by atoms with van der Waals surface area (Å²) in [5, 5.41) is 4.24. The molecule has 0 bridgehead atoms. The van der Waals surface area contributed by atoms with Crippen molar-refractivity contribution < 1.29 is 4.74 Å². The smallest absolute Gasteiger partial charge is 0.169 e. The molecule has 0 N–H and O–H groups in total. The van der Waals surface area contributed by atoms with Crippen LogP contribution in [-0.4, -0.2) is 27.8 Å². The monoisotopic (exact) mass is 281 g/mol. The van der Waals surface area contributed by atoms with Crippen molar-refractivity contribution in [3.05, 3.63) is 28.6 Å². The Morgan fingerprint density at radius 2 is 2.38 bits per heavy atom. The molecular weight excluding hydrogens is 270 g/mol. The zero-order valence-corrected chi connectivity index (χ0v) is 10.4. The molecule has 84 valence electrons. The van der Waals surface area contributed by atoms with Crippen molar-refractivity contribution in [1.29, 1.82) is 0 Å². The van der Waals surface area contributed by atoms with Gasteiger partial charge in [0.1, 0.15) is 0 Å². The van der Waals surface area contributed by atoms with E-state index in [1.165, 1.54) is 12.0 Å². The molecule has 1 aliphatic heterocycles. The Balaban J connectivity index is 1.97. The van der Waals surface area contributed by atoms with Gasteiger partial charge in [0.15, 0.2) is 5.65 Å². The molecule has 16 heavy (non-hydrogen) atoms. The second-order valence-electron chi connectivity index (χ2n) is 4.06. The highest BCUT2D eigenvalue weighted by molar-refractivity contribution is 9.10. The second kappa shape index (κ2) is 4.14. The number of nitrogens with zero attached hydrogens (tertiary/aromatic N) is 3. The summed E-state index contributed by atoms with van der Waals surface area (Å²) in [4.78, 5) is 4.41. The van der Waals surface area contributed by atoms with E-state index in [2.05, 4.69) is 26.0 Å².